The Morgan fingerprint density at radius 2 is 2.11 bits per heavy atom. The number of hydrogen-bond acceptors (Lipinski definition) is 5. The minimum Gasteiger partial charge on any atom is -0.472 e. The second-order valence-electron chi connectivity index (χ2n) is 6.09. The number of carbonyl (C=O) groups is 1. The summed E-state index contributed by atoms with van der Waals surface area (Å²) < 4.78 is 49.3. The minimum absolute atomic E-state index is 0.00850. The molecular formula is C18H18F3N3O3. The van der Waals surface area contributed by atoms with Crippen LogP contribution < -0.4 is 9.47 Å². The number of rotatable bonds is 4. The van der Waals surface area contributed by atoms with Gasteiger partial charge in [0.15, 0.2) is 0 Å². The zero-order chi connectivity index (χ0) is 19.4. The lowest BCUT2D eigenvalue weighted by molar-refractivity contribution is -0.137. The summed E-state index contributed by atoms with van der Waals surface area (Å²) in [7, 11) is 1.44. The first-order chi connectivity index (χ1) is 12.9. The van der Waals surface area contributed by atoms with E-state index < -0.39 is 17.6 Å². The summed E-state index contributed by atoms with van der Waals surface area (Å²) in [5.41, 5.74) is -0.833. The van der Waals surface area contributed by atoms with Gasteiger partial charge in [-0.15, -0.1) is 0 Å². The summed E-state index contributed by atoms with van der Waals surface area (Å²) in [5, 5.41) is 0. The number of hydrogen-bond donors (Lipinski definition) is 0. The van der Waals surface area contributed by atoms with E-state index in [4.69, 9.17) is 9.47 Å². The highest BCUT2D eigenvalue weighted by Gasteiger charge is 2.32. The van der Waals surface area contributed by atoms with Crippen LogP contribution >= 0.6 is 0 Å². The molecule has 6 nitrogen and oxygen atoms in total. The molecule has 1 saturated heterocycles. The third-order valence-corrected chi connectivity index (χ3v) is 4.18. The molecule has 0 radical (unpaired) electrons. The number of piperidine rings is 1. The van der Waals surface area contributed by atoms with E-state index in [2.05, 4.69) is 9.97 Å². The van der Waals surface area contributed by atoms with E-state index in [-0.39, 0.29) is 24.2 Å². The maximum Gasteiger partial charge on any atom is 0.416 e. The Morgan fingerprint density at radius 1 is 1.30 bits per heavy atom. The van der Waals surface area contributed by atoms with Crippen LogP contribution in [0.25, 0.3) is 0 Å². The second-order valence-corrected chi connectivity index (χ2v) is 6.09. The molecule has 0 bridgehead atoms. The third kappa shape index (κ3) is 4.66. The van der Waals surface area contributed by atoms with Crippen molar-refractivity contribution in [3.05, 3.63) is 47.7 Å². The molecule has 1 aliphatic rings. The van der Waals surface area contributed by atoms with Crippen LogP contribution in [0.2, 0.25) is 0 Å². The molecule has 27 heavy (non-hydrogen) atoms. The Kier molecular flexibility index (Phi) is 5.48. The fourth-order valence-corrected chi connectivity index (χ4v) is 2.89. The predicted octanol–water partition coefficient (Wildman–Crippen LogP) is 3.19. The van der Waals surface area contributed by atoms with Crippen LogP contribution in [-0.4, -0.2) is 47.1 Å². The number of aromatic nitrogens is 2. The van der Waals surface area contributed by atoms with Crippen molar-refractivity contribution in [1.29, 1.82) is 0 Å². The Labute approximate surface area is 153 Å². The van der Waals surface area contributed by atoms with Crippen molar-refractivity contribution in [1.82, 2.24) is 14.9 Å². The van der Waals surface area contributed by atoms with Gasteiger partial charge < -0.3 is 14.4 Å². The molecule has 0 aliphatic carbocycles. The minimum atomic E-state index is -4.49. The molecule has 0 spiro atoms. The predicted molar refractivity (Wildman–Crippen MR) is 89.6 cm³/mol. The number of methoxy groups -OCH3 is 1. The lowest BCUT2D eigenvalue weighted by Crippen LogP contribution is -2.44. The van der Waals surface area contributed by atoms with Crippen LogP contribution in [-0.2, 0) is 6.18 Å². The van der Waals surface area contributed by atoms with Crippen molar-refractivity contribution in [2.24, 2.45) is 0 Å². The van der Waals surface area contributed by atoms with Crippen LogP contribution in [0.1, 0.15) is 28.8 Å². The zero-order valence-corrected chi connectivity index (χ0v) is 14.6. The maximum absolute atomic E-state index is 12.9. The molecule has 9 heteroatoms. The number of carbonyl (C=O) groups excluding carboxylic acids is 1. The average Bonchev–Trinajstić information content (AvgIpc) is 2.67. The van der Waals surface area contributed by atoms with E-state index in [1.54, 1.807) is 6.07 Å². The number of amides is 1. The van der Waals surface area contributed by atoms with Crippen molar-refractivity contribution in [3.8, 4) is 11.9 Å². The van der Waals surface area contributed by atoms with E-state index in [9.17, 15) is 18.0 Å². The highest BCUT2D eigenvalue weighted by atomic mass is 19.4. The average molecular weight is 381 g/mol. The summed E-state index contributed by atoms with van der Waals surface area (Å²) in [6.45, 7) is 0.726. The van der Waals surface area contributed by atoms with Crippen LogP contribution in [0.15, 0.2) is 36.5 Å². The number of halogens is 3. The zero-order valence-electron chi connectivity index (χ0n) is 14.6. The molecule has 144 valence electrons. The number of ether oxygens (including phenoxy) is 2. The third-order valence-electron chi connectivity index (χ3n) is 4.18. The Balaban J connectivity index is 1.69. The number of nitrogens with zero attached hydrogens (tertiary/aromatic N) is 3. The molecular weight excluding hydrogens is 363 g/mol. The molecule has 1 aromatic carbocycles. The van der Waals surface area contributed by atoms with Gasteiger partial charge in [-0.05, 0) is 31.0 Å². The molecule has 3 rings (SSSR count). The van der Waals surface area contributed by atoms with Crippen molar-refractivity contribution in [2.75, 3.05) is 20.2 Å². The molecule has 1 unspecified atom stereocenters. The first kappa shape index (κ1) is 18.9. The number of alkyl halides is 3. The Bertz CT molecular complexity index is 814. The summed E-state index contributed by atoms with van der Waals surface area (Å²) in [6, 6.07) is 6.19. The van der Waals surface area contributed by atoms with Gasteiger partial charge in [0.1, 0.15) is 6.10 Å². The van der Waals surface area contributed by atoms with E-state index in [1.165, 1.54) is 30.3 Å². The lowest BCUT2D eigenvalue weighted by atomic mass is 10.1. The second kappa shape index (κ2) is 7.81. The number of likely N-dealkylation sites (tertiary alicyclic amines) is 1. The molecule has 1 atom stereocenters. The highest BCUT2D eigenvalue weighted by Crippen LogP contribution is 2.30. The van der Waals surface area contributed by atoms with E-state index >= 15 is 0 Å². The van der Waals surface area contributed by atoms with Gasteiger partial charge in [-0.3, -0.25) is 4.79 Å². The van der Waals surface area contributed by atoms with Gasteiger partial charge in [0.05, 0.1) is 19.2 Å². The van der Waals surface area contributed by atoms with Gasteiger partial charge in [0.2, 0.25) is 5.88 Å². The molecule has 1 aromatic heterocycles. The monoisotopic (exact) mass is 381 g/mol. The topological polar surface area (TPSA) is 64.6 Å². The van der Waals surface area contributed by atoms with Crippen molar-refractivity contribution < 1.29 is 27.4 Å². The van der Waals surface area contributed by atoms with Gasteiger partial charge in [0.25, 0.3) is 5.91 Å². The molecule has 0 saturated carbocycles. The fourth-order valence-electron chi connectivity index (χ4n) is 2.89. The molecule has 1 fully saturated rings. The van der Waals surface area contributed by atoms with Gasteiger partial charge in [0, 0.05) is 24.4 Å². The highest BCUT2D eigenvalue weighted by molar-refractivity contribution is 5.94. The smallest absolute Gasteiger partial charge is 0.416 e. The summed E-state index contributed by atoms with van der Waals surface area (Å²) in [5.74, 6) is -0.130. The van der Waals surface area contributed by atoms with Crippen molar-refractivity contribution >= 4 is 5.91 Å². The molecule has 0 N–H and O–H groups in total. The van der Waals surface area contributed by atoms with Crippen molar-refractivity contribution in [2.45, 2.75) is 25.1 Å². The van der Waals surface area contributed by atoms with Crippen LogP contribution in [0, 0.1) is 0 Å². The Hall–Kier alpha value is -2.84. The maximum atomic E-state index is 12.9. The fraction of sp³-hybridized carbons (Fsp3) is 0.389. The summed E-state index contributed by atoms with van der Waals surface area (Å²) >= 11 is 0. The van der Waals surface area contributed by atoms with E-state index in [0.29, 0.717) is 25.3 Å². The lowest BCUT2D eigenvalue weighted by Gasteiger charge is -2.32. The quantitative estimate of drug-likeness (QED) is 0.814. The normalized spacial score (nSPS) is 17.5. The first-order valence-corrected chi connectivity index (χ1v) is 8.37. The van der Waals surface area contributed by atoms with Crippen LogP contribution in [0.5, 0.6) is 11.9 Å². The standard InChI is InChI=1S/C18H18F3N3O3/c1-26-17-22-8-7-15(23-17)27-14-6-3-9-24(11-14)16(25)12-4-2-5-13(10-12)18(19,20)21/h2,4-5,7-8,10,14H,3,6,9,11H2,1H3. The van der Waals surface area contributed by atoms with Gasteiger partial charge in [-0.25, -0.2) is 4.98 Å². The summed E-state index contributed by atoms with van der Waals surface area (Å²) in [6.07, 6.45) is -1.92. The van der Waals surface area contributed by atoms with Gasteiger partial charge >= 0.3 is 12.2 Å². The van der Waals surface area contributed by atoms with Crippen LogP contribution in [0.3, 0.4) is 0 Å². The van der Waals surface area contributed by atoms with E-state index in [0.717, 1.165) is 12.1 Å². The van der Waals surface area contributed by atoms with Crippen molar-refractivity contribution in [3.63, 3.8) is 0 Å². The first-order valence-electron chi connectivity index (χ1n) is 8.37. The molecule has 1 amide bonds. The van der Waals surface area contributed by atoms with Gasteiger partial charge in [-0.2, -0.15) is 18.2 Å². The summed E-state index contributed by atoms with van der Waals surface area (Å²) in [4.78, 5) is 22.1. The van der Waals surface area contributed by atoms with Gasteiger partial charge in [-0.1, -0.05) is 6.07 Å². The Morgan fingerprint density at radius 3 is 2.85 bits per heavy atom. The van der Waals surface area contributed by atoms with E-state index in [1.807, 2.05) is 0 Å². The molecule has 2 heterocycles. The molecule has 1 aliphatic heterocycles. The van der Waals surface area contributed by atoms with Crippen LogP contribution in [0.4, 0.5) is 13.2 Å². The number of benzene rings is 1. The largest absolute Gasteiger partial charge is 0.472 e. The SMILES string of the molecule is COc1nccc(OC2CCCN(C(=O)c3cccc(C(F)(F)F)c3)C2)n1. The molecule has 2 aromatic rings.